The molecule has 3 heteroatoms. The van der Waals surface area contributed by atoms with Crippen molar-refractivity contribution in [3.05, 3.63) is 29.3 Å². The van der Waals surface area contributed by atoms with E-state index in [1.165, 1.54) is 0 Å². The van der Waals surface area contributed by atoms with Gasteiger partial charge in [0.2, 0.25) is 0 Å². The van der Waals surface area contributed by atoms with Crippen molar-refractivity contribution in [3.8, 4) is 0 Å². The second-order valence-electron chi connectivity index (χ2n) is 3.47. The van der Waals surface area contributed by atoms with Crippen LogP contribution < -0.4 is 5.32 Å². The molecule has 1 aromatic carbocycles. The van der Waals surface area contributed by atoms with Crippen LogP contribution in [0.2, 0.25) is 0 Å². The zero-order chi connectivity index (χ0) is 10.7. The van der Waals surface area contributed by atoms with Gasteiger partial charge >= 0.3 is 5.97 Å². The van der Waals surface area contributed by atoms with Crippen LogP contribution in [-0.2, 0) is 4.79 Å². The van der Waals surface area contributed by atoms with Gasteiger partial charge in [0.15, 0.2) is 0 Å². The van der Waals surface area contributed by atoms with Crippen molar-refractivity contribution in [3.63, 3.8) is 0 Å². The Labute approximate surface area is 83.8 Å². The van der Waals surface area contributed by atoms with Crippen molar-refractivity contribution in [2.24, 2.45) is 0 Å². The minimum atomic E-state index is -0.840. The molecule has 0 radical (unpaired) electrons. The molecule has 0 amide bonds. The Hall–Kier alpha value is -1.51. The van der Waals surface area contributed by atoms with Crippen LogP contribution >= 0.6 is 0 Å². The highest BCUT2D eigenvalue weighted by Gasteiger charge is 2.12. The monoisotopic (exact) mass is 193 g/mol. The second-order valence-corrected chi connectivity index (χ2v) is 3.47. The zero-order valence-corrected chi connectivity index (χ0v) is 8.66. The van der Waals surface area contributed by atoms with Gasteiger partial charge in [-0.1, -0.05) is 18.2 Å². The predicted molar refractivity (Wildman–Crippen MR) is 56.6 cm³/mol. The number of nitrogens with one attached hydrogen (secondary N) is 1. The summed E-state index contributed by atoms with van der Waals surface area (Å²) in [4.78, 5) is 10.7. The quantitative estimate of drug-likeness (QED) is 0.773. The standard InChI is InChI=1S/C11H15NO2/c1-7-5-4-6-8(2)10(7)12-9(3)11(13)14/h4-6,9,12H,1-3H3,(H,13,14)/t9-/m1/s1. The average Bonchev–Trinajstić information content (AvgIpc) is 2.11. The number of anilines is 1. The highest BCUT2D eigenvalue weighted by atomic mass is 16.4. The van der Waals surface area contributed by atoms with Gasteiger partial charge < -0.3 is 10.4 Å². The number of carbonyl (C=O) groups is 1. The summed E-state index contributed by atoms with van der Waals surface area (Å²) in [5.41, 5.74) is 3.05. The molecule has 0 unspecified atom stereocenters. The lowest BCUT2D eigenvalue weighted by atomic mass is 10.1. The van der Waals surface area contributed by atoms with Gasteiger partial charge in [-0.05, 0) is 31.9 Å². The van der Waals surface area contributed by atoms with Crippen molar-refractivity contribution < 1.29 is 9.90 Å². The Balaban J connectivity index is 2.91. The van der Waals surface area contributed by atoms with Crippen molar-refractivity contribution in [1.82, 2.24) is 0 Å². The molecule has 3 nitrogen and oxygen atoms in total. The molecule has 0 aliphatic rings. The molecule has 14 heavy (non-hydrogen) atoms. The van der Waals surface area contributed by atoms with Crippen LogP contribution in [0.3, 0.4) is 0 Å². The zero-order valence-electron chi connectivity index (χ0n) is 8.66. The molecular weight excluding hydrogens is 178 g/mol. The SMILES string of the molecule is Cc1cccc(C)c1N[C@H](C)C(=O)O. The Morgan fingerprint density at radius 3 is 2.29 bits per heavy atom. The van der Waals surface area contributed by atoms with E-state index in [4.69, 9.17) is 5.11 Å². The van der Waals surface area contributed by atoms with E-state index in [9.17, 15) is 4.79 Å². The van der Waals surface area contributed by atoms with E-state index in [-0.39, 0.29) is 0 Å². The molecule has 0 aliphatic carbocycles. The van der Waals surface area contributed by atoms with Crippen LogP contribution in [0.25, 0.3) is 0 Å². The molecule has 1 aromatic rings. The van der Waals surface area contributed by atoms with Gasteiger partial charge in [-0.2, -0.15) is 0 Å². The number of para-hydroxylation sites is 1. The third-order valence-electron chi connectivity index (χ3n) is 2.21. The maximum atomic E-state index is 10.7. The maximum Gasteiger partial charge on any atom is 0.325 e. The number of benzene rings is 1. The highest BCUT2D eigenvalue weighted by Crippen LogP contribution is 2.20. The first kappa shape index (κ1) is 10.6. The molecule has 1 rings (SSSR count). The minimum Gasteiger partial charge on any atom is -0.480 e. The molecule has 2 N–H and O–H groups in total. The summed E-state index contributed by atoms with van der Waals surface area (Å²) >= 11 is 0. The predicted octanol–water partition coefficient (Wildman–Crippen LogP) is 2.19. The molecule has 0 saturated heterocycles. The number of rotatable bonds is 3. The second kappa shape index (κ2) is 4.13. The normalized spacial score (nSPS) is 12.2. The van der Waals surface area contributed by atoms with Crippen LogP contribution in [0, 0.1) is 13.8 Å². The number of aliphatic carboxylic acids is 1. The molecule has 76 valence electrons. The van der Waals surface area contributed by atoms with Crippen molar-refractivity contribution >= 4 is 11.7 Å². The highest BCUT2D eigenvalue weighted by molar-refractivity contribution is 5.77. The van der Waals surface area contributed by atoms with Gasteiger partial charge in [0.05, 0.1) is 0 Å². The van der Waals surface area contributed by atoms with E-state index < -0.39 is 12.0 Å². The van der Waals surface area contributed by atoms with Crippen LogP contribution in [0.1, 0.15) is 18.1 Å². The molecule has 0 spiro atoms. The molecule has 0 aromatic heterocycles. The fraction of sp³-hybridized carbons (Fsp3) is 0.364. The largest absolute Gasteiger partial charge is 0.480 e. The Morgan fingerprint density at radius 2 is 1.86 bits per heavy atom. The molecule has 0 fully saturated rings. The van der Waals surface area contributed by atoms with Gasteiger partial charge in [0, 0.05) is 5.69 Å². The van der Waals surface area contributed by atoms with E-state index in [0.717, 1.165) is 16.8 Å². The first-order valence-corrected chi connectivity index (χ1v) is 4.58. The minimum absolute atomic E-state index is 0.560. The lowest BCUT2D eigenvalue weighted by Gasteiger charge is -2.15. The fourth-order valence-electron chi connectivity index (χ4n) is 1.32. The average molecular weight is 193 g/mol. The molecule has 0 aliphatic heterocycles. The molecule has 1 atom stereocenters. The summed E-state index contributed by atoms with van der Waals surface area (Å²) in [6.07, 6.45) is 0. The number of hydrogen-bond donors (Lipinski definition) is 2. The van der Waals surface area contributed by atoms with Crippen molar-refractivity contribution in [1.29, 1.82) is 0 Å². The van der Waals surface area contributed by atoms with Gasteiger partial charge in [-0.25, -0.2) is 0 Å². The smallest absolute Gasteiger partial charge is 0.325 e. The lowest BCUT2D eigenvalue weighted by molar-refractivity contribution is -0.137. The molecular formula is C11H15NO2. The number of hydrogen-bond acceptors (Lipinski definition) is 2. The van der Waals surface area contributed by atoms with E-state index in [1.807, 2.05) is 32.0 Å². The third kappa shape index (κ3) is 2.25. The van der Waals surface area contributed by atoms with Gasteiger partial charge in [0.25, 0.3) is 0 Å². The first-order valence-electron chi connectivity index (χ1n) is 4.58. The van der Waals surface area contributed by atoms with Crippen LogP contribution in [0.4, 0.5) is 5.69 Å². The summed E-state index contributed by atoms with van der Waals surface area (Å²) in [7, 11) is 0. The summed E-state index contributed by atoms with van der Waals surface area (Å²) in [5.74, 6) is -0.840. The topological polar surface area (TPSA) is 49.3 Å². The van der Waals surface area contributed by atoms with Crippen LogP contribution in [-0.4, -0.2) is 17.1 Å². The van der Waals surface area contributed by atoms with Gasteiger partial charge in [0.1, 0.15) is 6.04 Å². The van der Waals surface area contributed by atoms with E-state index in [1.54, 1.807) is 6.92 Å². The Kier molecular flexibility index (Phi) is 3.12. The van der Waals surface area contributed by atoms with Crippen LogP contribution in [0.15, 0.2) is 18.2 Å². The summed E-state index contributed by atoms with van der Waals surface area (Å²) in [6.45, 7) is 5.56. The Bertz CT molecular complexity index is 327. The van der Waals surface area contributed by atoms with E-state index in [0.29, 0.717) is 0 Å². The third-order valence-corrected chi connectivity index (χ3v) is 2.21. The van der Waals surface area contributed by atoms with Gasteiger partial charge in [-0.15, -0.1) is 0 Å². The summed E-state index contributed by atoms with van der Waals surface area (Å²) in [6, 6.07) is 5.32. The van der Waals surface area contributed by atoms with Crippen molar-refractivity contribution in [2.75, 3.05) is 5.32 Å². The Morgan fingerprint density at radius 1 is 1.36 bits per heavy atom. The van der Waals surface area contributed by atoms with Crippen LogP contribution in [0.5, 0.6) is 0 Å². The fourth-order valence-corrected chi connectivity index (χ4v) is 1.32. The number of carboxylic acid groups (broad SMARTS) is 1. The molecule has 0 saturated carbocycles. The lowest BCUT2D eigenvalue weighted by Crippen LogP contribution is -2.26. The molecule has 0 bridgehead atoms. The summed E-state index contributed by atoms with van der Waals surface area (Å²) < 4.78 is 0. The molecule has 0 heterocycles. The van der Waals surface area contributed by atoms with Crippen molar-refractivity contribution in [2.45, 2.75) is 26.8 Å². The maximum absolute atomic E-state index is 10.7. The number of aryl methyl sites for hydroxylation is 2. The van der Waals surface area contributed by atoms with E-state index in [2.05, 4.69) is 5.32 Å². The number of carboxylic acids is 1. The summed E-state index contributed by atoms with van der Waals surface area (Å²) in [5, 5.41) is 11.7. The van der Waals surface area contributed by atoms with Gasteiger partial charge in [-0.3, -0.25) is 4.79 Å². The van der Waals surface area contributed by atoms with E-state index >= 15 is 0 Å². The first-order chi connectivity index (χ1) is 6.52.